The fourth-order valence-corrected chi connectivity index (χ4v) is 3.24. The predicted molar refractivity (Wildman–Crippen MR) is 103 cm³/mol. The van der Waals surface area contributed by atoms with E-state index in [1.807, 2.05) is 24.3 Å². The zero-order valence-electron chi connectivity index (χ0n) is 14.9. The van der Waals surface area contributed by atoms with Crippen LogP contribution in [0.1, 0.15) is 35.1 Å². The first-order chi connectivity index (χ1) is 12.7. The summed E-state index contributed by atoms with van der Waals surface area (Å²) >= 11 is 0. The first-order valence-corrected chi connectivity index (χ1v) is 9.26. The summed E-state index contributed by atoms with van der Waals surface area (Å²) in [6.45, 7) is 0. The van der Waals surface area contributed by atoms with Crippen molar-refractivity contribution < 1.29 is 8.78 Å². The summed E-state index contributed by atoms with van der Waals surface area (Å²) in [5.74, 6) is -0.357. The Labute approximate surface area is 154 Å². The molecule has 2 heteroatoms. The third-order valence-electron chi connectivity index (χ3n) is 4.68. The van der Waals surface area contributed by atoms with Crippen molar-refractivity contribution in [2.75, 3.05) is 0 Å². The second-order valence-corrected chi connectivity index (χ2v) is 6.78. The lowest BCUT2D eigenvalue weighted by atomic mass is 9.99. The van der Waals surface area contributed by atoms with Crippen LogP contribution in [0.5, 0.6) is 0 Å². The molecule has 0 bridgehead atoms. The van der Waals surface area contributed by atoms with E-state index in [9.17, 15) is 8.78 Å². The van der Waals surface area contributed by atoms with Gasteiger partial charge in [-0.2, -0.15) is 0 Å². The van der Waals surface area contributed by atoms with Crippen molar-refractivity contribution in [3.8, 4) is 0 Å². The number of rotatable bonds is 8. The lowest BCUT2D eigenvalue weighted by Crippen LogP contribution is -1.94. The van der Waals surface area contributed by atoms with Crippen LogP contribution in [0.15, 0.2) is 72.8 Å². The van der Waals surface area contributed by atoms with Gasteiger partial charge in [0.05, 0.1) is 0 Å². The molecule has 134 valence electrons. The molecular weight excluding hydrogens is 326 g/mol. The molecule has 3 aromatic rings. The predicted octanol–water partition coefficient (Wildman–Crippen LogP) is 6.32. The number of halogens is 2. The summed E-state index contributed by atoms with van der Waals surface area (Å²) in [6, 6.07) is 22.3. The molecule has 0 atom stereocenters. The quantitative estimate of drug-likeness (QED) is 0.446. The Kier molecular flexibility index (Phi) is 6.54. The second-order valence-electron chi connectivity index (χ2n) is 6.78. The van der Waals surface area contributed by atoms with Gasteiger partial charge >= 0.3 is 0 Å². The minimum Gasteiger partial charge on any atom is -0.207 e. The Balaban J connectivity index is 1.45. The summed E-state index contributed by atoms with van der Waals surface area (Å²) in [6.07, 6.45) is 6.12. The normalized spacial score (nSPS) is 10.8. The Hall–Kier alpha value is -2.48. The molecule has 0 spiro atoms. The molecule has 26 heavy (non-hydrogen) atoms. The van der Waals surface area contributed by atoms with Crippen LogP contribution in [0.25, 0.3) is 0 Å². The SMILES string of the molecule is Fc1ccc(CCCc2cccc(CCCc3ccc(F)cc3)c2)cc1. The number of hydrogen-bond donors (Lipinski definition) is 0. The molecule has 0 amide bonds. The molecule has 0 radical (unpaired) electrons. The largest absolute Gasteiger partial charge is 0.207 e. The van der Waals surface area contributed by atoms with Crippen LogP contribution in [0, 0.1) is 11.6 Å². The zero-order valence-corrected chi connectivity index (χ0v) is 14.9. The van der Waals surface area contributed by atoms with E-state index >= 15 is 0 Å². The highest BCUT2D eigenvalue weighted by atomic mass is 19.1. The lowest BCUT2D eigenvalue weighted by Gasteiger charge is -2.07. The van der Waals surface area contributed by atoms with Crippen molar-refractivity contribution in [3.63, 3.8) is 0 Å². The topological polar surface area (TPSA) is 0 Å². The van der Waals surface area contributed by atoms with Gasteiger partial charge in [-0.15, -0.1) is 0 Å². The highest BCUT2D eigenvalue weighted by Crippen LogP contribution is 2.14. The van der Waals surface area contributed by atoms with Crippen LogP contribution in [-0.4, -0.2) is 0 Å². The smallest absolute Gasteiger partial charge is 0.123 e. The maximum absolute atomic E-state index is 12.9. The standard InChI is InChI=1S/C24H24F2/c25-23-14-10-19(11-15-23)4-1-6-21-8-3-9-22(18-21)7-2-5-20-12-16-24(26)17-13-20/h3,8-18H,1-2,4-7H2. The van der Waals surface area contributed by atoms with Crippen molar-refractivity contribution in [2.24, 2.45) is 0 Å². The van der Waals surface area contributed by atoms with E-state index in [2.05, 4.69) is 24.3 Å². The Bertz CT molecular complexity index is 738. The van der Waals surface area contributed by atoms with Crippen LogP contribution in [0.4, 0.5) is 8.78 Å². The molecule has 3 aromatic carbocycles. The maximum Gasteiger partial charge on any atom is 0.123 e. The number of aryl methyl sites for hydroxylation is 4. The van der Waals surface area contributed by atoms with Gasteiger partial charge in [-0.05, 0) is 85.0 Å². The first kappa shape index (κ1) is 18.3. The molecule has 0 saturated heterocycles. The summed E-state index contributed by atoms with van der Waals surface area (Å²) in [7, 11) is 0. The molecule has 0 saturated carbocycles. The highest BCUT2D eigenvalue weighted by molar-refractivity contribution is 5.25. The van der Waals surface area contributed by atoms with Crippen molar-refractivity contribution in [2.45, 2.75) is 38.5 Å². The van der Waals surface area contributed by atoms with Crippen LogP contribution in [-0.2, 0) is 25.7 Å². The Morgan fingerprint density at radius 3 is 1.27 bits per heavy atom. The van der Waals surface area contributed by atoms with Gasteiger partial charge in [0.25, 0.3) is 0 Å². The van der Waals surface area contributed by atoms with Crippen LogP contribution in [0.3, 0.4) is 0 Å². The molecule has 0 aliphatic heterocycles. The molecular formula is C24H24F2. The fraction of sp³-hybridized carbons (Fsp3) is 0.250. The number of hydrogen-bond acceptors (Lipinski definition) is 0. The van der Waals surface area contributed by atoms with Gasteiger partial charge in [0.15, 0.2) is 0 Å². The molecule has 0 heterocycles. The minimum atomic E-state index is -0.179. The van der Waals surface area contributed by atoms with E-state index in [4.69, 9.17) is 0 Å². The monoisotopic (exact) mass is 350 g/mol. The van der Waals surface area contributed by atoms with Gasteiger partial charge in [-0.3, -0.25) is 0 Å². The van der Waals surface area contributed by atoms with E-state index in [-0.39, 0.29) is 11.6 Å². The number of benzene rings is 3. The third-order valence-corrected chi connectivity index (χ3v) is 4.68. The first-order valence-electron chi connectivity index (χ1n) is 9.26. The van der Waals surface area contributed by atoms with E-state index in [1.165, 1.54) is 46.5 Å². The average molecular weight is 350 g/mol. The van der Waals surface area contributed by atoms with E-state index < -0.39 is 0 Å². The van der Waals surface area contributed by atoms with Gasteiger partial charge in [-0.1, -0.05) is 48.5 Å². The summed E-state index contributed by atoms with van der Waals surface area (Å²) in [5, 5.41) is 0. The van der Waals surface area contributed by atoms with Crippen molar-refractivity contribution in [1.82, 2.24) is 0 Å². The van der Waals surface area contributed by atoms with E-state index in [0.29, 0.717) is 0 Å². The van der Waals surface area contributed by atoms with Gasteiger partial charge in [-0.25, -0.2) is 8.78 Å². The van der Waals surface area contributed by atoms with Crippen LogP contribution < -0.4 is 0 Å². The van der Waals surface area contributed by atoms with Gasteiger partial charge in [0.2, 0.25) is 0 Å². The summed E-state index contributed by atoms with van der Waals surface area (Å²) < 4.78 is 25.9. The fourth-order valence-electron chi connectivity index (χ4n) is 3.24. The maximum atomic E-state index is 12.9. The van der Waals surface area contributed by atoms with Crippen LogP contribution in [0.2, 0.25) is 0 Å². The molecule has 0 N–H and O–H groups in total. The van der Waals surface area contributed by atoms with Gasteiger partial charge in [0, 0.05) is 0 Å². The van der Waals surface area contributed by atoms with Crippen molar-refractivity contribution in [1.29, 1.82) is 0 Å². The summed E-state index contributed by atoms with van der Waals surface area (Å²) in [4.78, 5) is 0. The molecule has 0 fully saturated rings. The third kappa shape index (κ3) is 5.80. The Morgan fingerprint density at radius 2 is 0.846 bits per heavy atom. The van der Waals surface area contributed by atoms with E-state index in [1.54, 1.807) is 0 Å². The zero-order chi connectivity index (χ0) is 18.2. The van der Waals surface area contributed by atoms with Crippen molar-refractivity contribution in [3.05, 3.63) is 107 Å². The minimum absolute atomic E-state index is 0.179. The second kappa shape index (κ2) is 9.28. The lowest BCUT2D eigenvalue weighted by molar-refractivity contribution is 0.626. The highest BCUT2D eigenvalue weighted by Gasteiger charge is 2.00. The van der Waals surface area contributed by atoms with E-state index in [0.717, 1.165) is 38.5 Å². The summed E-state index contributed by atoms with van der Waals surface area (Å²) in [5.41, 5.74) is 5.07. The van der Waals surface area contributed by atoms with Crippen LogP contribution >= 0.6 is 0 Å². The molecule has 0 aromatic heterocycles. The van der Waals surface area contributed by atoms with Gasteiger partial charge in [0.1, 0.15) is 11.6 Å². The molecule has 0 unspecified atom stereocenters. The Morgan fingerprint density at radius 1 is 0.462 bits per heavy atom. The molecule has 3 rings (SSSR count). The van der Waals surface area contributed by atoms with Gasteiger partial charge < -0.3 is 0 Å². The molecule has 0 aliphatic carbocycles. The van der Waals surface area contributed by atoms with Crippen molar-refractivity contribution >= 4 is 0 Å². The molecule has 0 aliphatic rings. The molecule has 0 nitrogen and oxygen atoms in total. The average Bonchev–Trinajstić information content (AvgIpc) is 2.65.